The number of hydrogen-bond donors (Lipinski definition) is 5. The number of aryl methyl sites for hydroxylation is 2. The fourth-order valence-corrected chi connectivity index (χ4v) is 7.80. The van der Waals surface area contributed by atoms with Crippen LogP contribution in [0.25, 0.3) is 12.2 Å². The highest BCUT2D eigenvalue weighted by Gasteiger charge is 2.19. The van der Waals surface area contributed by atoms with Crippen molar-refractivity contribution in [2.45, 2.75) is 52.4 Å². The fourth-order valence-electron chi connectivity index (χ4n) is 7.62. The van der Waals surface area contributed by atoms with E-state index in [1.165, 1.54) is 12.8 Å². The first-order valence-electron chi connectivity index (χ1n) is 22.2. The molecular formula is C48H55IN12O4-. The minimum absolute atomic E-state index is 0.0392. The van der Waals surface area contributed by atoms with Gasteiger partial charge in [-0.3, -0.25) is 0 Å². The third-order valence-corrected chi connectivity index (χ3v) is 11.5. The number of nitrogens with one attached hydrogen (secondary N) is 4. The highest BCUT2D eigenvalue weighted by atomic mass is 127. The van der Waals surface area contributed by atoms with Gasteiger partial charge < -0.3 is 71.7 Å². The molecule has 2 aromatic heterocycles. The number of aromatic nitrogens is 6. The first-order valence-corrected chi connectivity index (χ1v) is 23.1. The van der Waals surface area contributed by atoms with Crippen molar-refractivity contribution in [1.29, 1.82) is 0 Å². The number of aliphatic hydroxyl groups excluding tert-OH is 1. The highest BCUT2D eigenvalue weighted by Crippen LogP contribution is 2.28. The van der Waals surface area contributed by atoms with E-state index in [-0.39, 0.29) is 13.2 Å². The summed E-state index contributed by atoms with van der Waals surface area (Å²) in [7, 11) is 0. The van der Waals surface area contributed by atoms with Crippen molar-refractivity contribution in [2.24, 2.45) is 0 Å². The predicted molar refractivity (Wildman–Crippen MR) is 253 cm³/mol. The number of hydrogen-bond acceptors (Lipinski definition) is 16. The summed E-state index contributed by atoms with van der Waals surface area (Å²) in [4.78, 5) is 33.2. The molecule has 17 heteroatoms. The second kappa shape index (κ2) is 22.5. The van der Waals surface area contributed by atoms with Gasteiger partial charge in [0, 0.05) is 48.9 Å². The molecule has 16 nitrogen and oxygen atoms in total. The summed E-state index contributed by atoms with van der Waals surface area (Å²) < 4.78 is 16.3. The fraction of sp³-hybridized carbons (Fsp3) is 0.333. The van der Waals surface area contributed by atoms with Crippen LogP contribution in [0.4, 0.5) is 58.4 Å². The topological polar surface area (TPSA) is 180 Å². The maximum Gasteiger partial charge on any atom is 0.233 e. The largest absolute Gasteiger partial charge is 0.616 e. The number of rotatable bonds is 19. The zero-order valence-corrected chi connectivity index (χ0v) is 38.9. The van der Waals surface area contributed by atoms with Crippen LogP contribution in [-0.4, -0.2) is 87.6 Å². The average Bonchev–Trinajstić information content (AvgIpc) is 3.32. The zero-order valence-electron chi connectivity index (χ0n) is 36.8. The minimum atomic E-state index is -0.0392. The molecule has 2 aliphatic rings. The Morgan fingerprint density at radius 1 is 0.508 bits per heavy atom. The van der Waals surface area contributed by atoms with E-state index < -0.39 is 0 Å². The van der Waals surface area contributed by atoms with Gasteiger partial charge in [-0.05, 0) is 147 Å². The molecule has 0 saturated carbocycles. The Balaban J connectivity index is 0.941. The van der Waals surface area contributed by atoms with Crippen LogP contribution in [0.2, 0.25) is 0 Å². The number of nitrogens with zero attached hydrogens (tertiary/aromatic N) is 8. The summed E-state index contributed by atoms with van der Waals surface area (Å²) in [6, 6.07) is 27.7. The summed E-state index contributed by atoms with van der Waals surface area (Å²) in [5.74, 6) is 4.57. The molecule has 2 fully saturated rings. The number of ether oxygens (including phenoxy) is 2. The van der Waals surface area contributed by atoms with Crippen LogP contribution in [0.1, 0.15) is 60.8 Å². The molecule has 4 heterocycles. The van der Waals surface area contributed by atoms with E-state index in [0.29, 0.717) is 54.7 Å². The Bertz CT molecular complexity index is 2520. The van der Waals surface area contributed by atoms with Crippen LogP contribution in [0.5, 0.6) is 11.5 Å². The summed E-state index contributed by atoms with van der Waals surface area (Å²) in [6.45, 7) is 9.03. The van der Waals surface area contributed by atoms with E-state index in [4.69, 9.17) is 47.6 Å². The molecule has 6 aromatic rings. The van der Waals surface area contributed by atoms with Gasteiger partial charge in [0.15, 0.2) is 0 Å². The van der Waals surface area contributed by atoms with Crippen molar-refractivity contribution in [3.05, 3.63) is 107 Å². The normalized spacial score (nSPS) is 14.0. The number of aliphatic hydroxyl groups is 1. The molecule has 2 saturated heterocycles. The molecule has 5 N–H and O–H groups in total. The summed E-state index contributed by atoms with van der Waals surface area (Å²) in [5, 5.41) is 22.7. The monoisotopic (exact) mass is 990 g/mol. The molecule has 0 aliphatic carbocycles. The number of anilines is 10. The lowest BCUT2D eigenvalue weighted by atomic mass is 10.0. The Morgan fingerprint density at radius 3 is 1.28 bits per heavy atom. The molecule has 0 spiro atoms. The first kappa shape index (κ1) is 45.3. The summed E-state index contributed by atoms with van der Waals surface area (Å²) in [6.07, 6.45) is 11.1. The molecule has 8 rings (SSSR count). The van der Waals surface area contributed by atoms with E-state index in [1.54, 1.807) is 0 Å². The van der Waals surface area contributed by atoms with Crippen LogP contribution in [-0.2, 0) is 3.07 Å². The second-order valence-electron chi connectivity index (χ2n) is 15.9. The third kappa shape index (κ3) is 12.9. The van der Waals surface area contributed by atoms with Gasteiger partial charge in [-0.25, -0.2) is 0 Å². The van der Waals surface area contributed by atoms with Gasteiger partial charge in [0.1, 0.15) is 24.7 Å². The molecule has 0 amide bonds. The lowest BCUT2D eigenvalue weighted by Gasteiger charge is -2.27. The van der Waals surface area contributed by atoms with Gasteiger partial charge >= 0.3 is 0 Å². The quantitative estimate of drug-likeness (QED) is 0.0360. The Hall–Kier alpha value is -6.31. The standard InChI is InChI=1S/C48H55IN12O4/c1-33-31-39(52-45-54-43(56-47(58-45)60-23-5-3-6-24-60)50-37-15-19-41(20-16-37)63-28-27-62)13-11-35(33)9-10-36-12-14-40(32-34(36)2)53-46-55-44(57-48(59-46)61-25-7-4-8-26-61)51-38-17-21-42(22-18-38)64-29-30-65-49/h9-22,31-32,62H,3-8,23-30H2,1-2H3,(H2,50,52,54,56,58)(H2,51,53,55,57,59)/q-1/b10-9+. The van der Waals surface area contributed by atoms with Gasteiger partial charge in [-0.1, -0.05) is 24.3 Å². The SMILES string of the molecule is Cc1cc(Nc2nc(Nc3ccc(OCCO)cc3)nc(N3CCCCC3)n2)ccc1/C=C/c1ccc(Nc2nc(Nc3ccc(OCCO[I-])cc3)nc(N3CCCCC3)n2)cc1C. The van der Waals surface area contributed by atoms with Crippen LogP contribution >= 0.6 is 0 Å². The second-order valence-corrected chi connectivity index (χ2v) is 16.5. The summed E-state index contributed by atoms with van der Waals surface area (Å²) in [5.41, 5.74) is 7.81. The molecule has 0 atom stereocenters. The van der Waals surface area contributed by atoms with Crippen molar-refractivity contribution in [2.75, 3.05) is 83.7 Å². The van der Waals surface area contributed by atoms with Crippen LogP contribution in [0.3, 0.4) is 0 Å². The molecule has 1 radical (unpaired) electrons. The lowest BCUT2D eigenvalue weighted by Crippen LogP contribution is -3.34. The molecule has 4 aromatic carbocycles. The molecule has 2 aliphatic heterocycles. The number of halogens is 1. The maximum atomic E-state index is 9.09. The van der Waals surface area contributed by atoms with Crippen LogP contribution < -0.4 is 63.5 Å². The van der Waals surface area contributed by atoms with Crippen molar-refractivity contribution < 1.29 is 40.7 Å². The van der Waals surface area contributed by atoms with Gasteiger partial charge in [0.05, 0.1) is 13.2 Å². The van der Waals surface area contributed by atoms with E-state index in [2.05, 4.69) is 81.3 Å². The smallest absolute Gasteiger partial charge is 0.233 e. The van der Waals surface area contributed by atoms with E-state index in [9.17, 15) is 0 Å². The summed E-state index contributed by atoms with van der Waals surface area (Å²) >= 11 is 1.86. The van der Waals surface area contributed by atoms with Crippen LogP contribution in [0, 0.1) is 13.8 Å². The Labute approximate surface area is 394 Å². The first-order chi connectivity index (χ1) is 31.9. The zero-order chi connectivity index (χ0) is 44.8. The van der Waals surface area contributed by atoms with Gasteiger partial charge in [-0.2, -0.15) is 29.9 Å². The number of benzene rings is 4. The van der Waals surface area contributed by atoms with Crippen molar-refractivity contribution >= 4 is 70.6 Å². The van der Waals surface area contributed by atoms with Crippen molar-refractivity contribution in [3.8, 4) is 11.5 Å². The van der Waals surface area contributed by atoms with E-state index in [0.717, 1.165) is 103 Å². The van der Waals surface area contributed by atoms with Gasteiger partial charge in [0.2, 0.25) is 35.7 Å². The highest BCUT2D eigenvalue weighted by molar-refractivity contribution is 5.75. The van der Waals surface area contributed by atoms with Crippen LogP contribution in [0.15, 0.2) is 84.9 Å². The molecule has 339 valence electrons. The molecule has 0 bridgehead atoms. The van der Waals surface area contributed by atoms with Crippen molar-refractivity contribution in [3.63, 3.8) is 0 Å². The van der Waals surface area contributed by atoms with E-state index >= 15 is 0 Å². The molecule has 65 heavy (non-hydrogen) atoms. The molecular weight excluding hydrogens is 936 g/mol. The third-order valence-electron chi connectivity index (χ3n) is 11.0. The maximum absolute atomic E-state index is 9.09. The van der Waals surface area contributed by atoms with Gasteiger partial charge in [-0.15, -0.1) is 0 Å². The number of piperidine rings is 2. The van der Waals surface area contributed by atoms with E-state index in [1.807, 2.05) is 83.7 Å². The van der Waals surface area contributed by atoms with Crippen molar-refractivity contribution in [1.82, 2.24) is 29.9 Å². The lowest BCUT2D eigenvalue weighted by molar-refractivity contribution is -0.689. The minimum Gasteiger partial charge on any atom is -0.616 e. The predicted octanol–water partition coefficient (Wildman–Crippen LogP) is 6.03. The Kier molecular flexibility index (Phi) is 15.7. The molecule has 0 unspecified atom stereocenters. The average molecular weight is 991 g/mol. The van der Waals surface area contributed by atoms with Gasteiger partial charge in [0.25, 0.3) is 0 Å². The Morgan fingerprint density at radius 2 is 0.892 bits per heavy atom.